The molecule has 1 atom stereocenters. The molecule has 7 heteroatoms. The molecule has 0 saturated heterocycles. The molecule has 1 aromatic heterocycles. The predicted octanol–water partition coefficient (Wildman–Crippen LogP) is 1.74. The number of anilines is 1. The molecule has 0 fully saturated rings. The normalized spacial score (nSPS) is 13.2. The minimum Gasteiger partial charge on any atom is -0.467 e. The van der Waals surface area contributed by atoms with Crippen LogP contribution in [0.15, 0.2) is 0 Å². The van der Waals surface area contributed by atoms with E-state index >= 15 is 0 Å². The Bertz CT molecular complexity index is 395. The first-order valence-electron chi connectivity index (χ1n) is 5.69. The fourth-order valence-electron chi connectivity index (χ4n) is 1.49. The number of rotatable bonds is 5. The van der Waals surface area contributed by atoms with E-state index in [9.17, 15) is 0 Å². The van der Waals surface area contributed by atoms with Crippen LogP contribution < -0.4 is 10.1 Å². The van der Waals surface area contributed by atoms with Crippen molar-refractivity contribution in [3.05, 3.63) is 5.28 Å². The molecule has 6 nitrogen and oxygen atoms in total. The Morgan fingerprint density at radius 3 is 2.50 bits per heavy atom. The fraction of sp³-hybridized carbons (Fsp3) is 0.727. The number of aliphatic hydroxyl groups excluding tert-OH is 1. The van der Waals surface area contributed by atoms with Crippen molar-refractivity contribution in [2.24, 2.45) is 5.41 Å². The molecule has 1 rings (SSSR count). The standard InChI is InChI=1S/C11H19ClN4O2/c1-11(2,3)7(5-6-17)13-9-14-8(12)15-10(16-9)18-4/h7,17H,5-6H2,1-4H3,(H,13,14,15,16). The number of aliphatic hydroxyl groups is 1. The second kappa shape index (κ2) is 6.15. The van der Waals surface area contributed by atoms with Crippen LogP contribution >= 0.6 is 11.6 Å². The van der Waals surface area contributed by atoms with E-state index in [1.54, 1.807) is 0 Å². The highest BCUT2D eigenvalue weighted by Crippen LogP contribution is 2.25. The molecule has 102 valence electrons. The number of ether oxygens (including phenoxy) is 1. The van der Waals surface area contributed by atoms with E-state index in [0.29, 0.717) is 12.4 Å². The van der Waals surface area contributed by atoms with Crippen LogP contribution in [0.5, 0.6) is 6.01 Å². The summed E-state index contributed by atoms with van der Waals surface area (Å²) < 4.78 is 4.93. The lowest BCUT2D eigenvalue weighted by Gasteiger charge is -2.31. The summed E-state index contributed by atoms with van der Waals surface area (Å²) in [5, 5.41) is 12.3. The van der Waals surface area contributed by atoms with Gasteiger partial charge < -0.3 is 15.2 Å². The molecule has 0 saturated carbocycles. The maximum absolute atomic E-state index is 9.09. The van der Waals surface area contributed by atoms with Crippen LogP contribution in [0.4, 0.5) is 5.95 Å². The first kappa shape index (κ1) is 14.9. The van der Waals surface area contributed by atoms with Crippen molar-refractivity contribution in [3.63, 3.8) is 0 Å². The first-order valence-corrected chi connectivity index (χ1v) is 6.07. The zero-order valence-corrected chi connectivity index (χ0v) is 11.8. The Morgan fingerprint density at radius 2 is 2.00 bits per heavy atom. The van der Waals surface area contributed by atoms with Gasteiger partial charge in [0, 0.05) is 12.6 Å². The molecular weight excluding hydrogens is 256 g/mol. The molecule has 2 N–H and O–H groups in total. The summed E-state index contributed by atoms with van der Waals surface area (Å²) >= 11 is 5.77. The highest BCUT2D eigenvalue weighted by Gasteiger charge is 2.25. The number of nitrogens with one attached hydrogen (secondary N) is 1. The number of nitrogens with zero attached hydrogens (tertiary/aromatic N) is 3. The van der Waals surface area contributed by atoms with Gasteiger partial charge >= 0.3 is 6.01 Å². The summed E-state index contributed by atoms with van der Waals surface area (Å²) in [7, 11) is 1.46. The van der Waals surface area contributed by atoms with Gasteiger partial charge in [0.05, 0.1) is 7.11 Å². The fourth-order valence-corrected chi connectivity index (χ4v) is 1.65. The summed E-state index contributed by atoms with van der Waals surface area (Å²) in [6, 6.07) is 0.180. The predicted molar refractivity (Wildman–Crippen MR) is 70.0 cm³/mol. The molecule has 0 aliphatic heterocycles. The van der Waals surface area contributed by atoms with E-state index in [4.69, 9.17) is 21.4 Å². The van der Waals surface area contributed by atoms with Gasteiger partial charge in [0.15, 0.2) is 0 Å². The quantitative estimate of drug-likeness (QED) is 0.851. The van der Waals surface area contributed by atoms with E-state index in [1.165, 1.54) is 7.11 Å². The summed E-state index contributed by atoms with van der Waals surface area (Å²) in [5.74, 6) is 0.347. The lowest BCUT2D eigenvalue weighted by Crippen LogP contribution is -2.35. The molecule has 0 aliphatic rings. The van der Waals surface area contributed by atoms with Crippen LogP contribution in [-0.2, 0) is 0 Å². The third-order valence-corrected chi connectivity index (χ3v) is 2.71. The maximum Gasteiger partial charge on any atom is 0.322 e. The second-order valence-electron chi connectivity index (χ2n) is 4.99. The molecule has 1 aromatic rings. The van der Waals surface area contributed by atoms with E-state index in [1.807, 2.05) is 0 Å². The second-order valence-corrected chi connectivity index (χ2v) is 5.33. The Balaban J connectivity index is 2.90. The number of hydrogen-bond acceptors (Lipinski definition) is 6. The minimum atomic E-state index is -0.0466. The van der Waals surface area contributed by atoms with Gasteiger partial charge in [-0.1, -0.05) is 20.8 Å². The summed E-state index contributed by atoms with van der Waals surface area (Å²) in [4.78, 5) is 11.9. The SMILES string of the molecule is COc1nc(Cl)nc(NC(CCO)C(C)(C)C)n1. The first-order chi connectivity index (χ1) is 8.36. The van der Waals surface area contributed by atoms with Crippen molar-refractivity contribution in [3.8, 4) is 6.01 Å². The smallest absolute Gasteiger partial charge is 0.322 e. The van der Waals surface area contributed by atoms with Crippen molar-refractivity contribution >= 4 is 17.5 Å². The number of hydrogen-bond donors (Lipinski definition) is 2. The molecule has 0 spiro atoms. The number of aromatic nitrogens is 3. The van der Waals surface area contributed by atoms with Crippen molar-refractivity contribution in [1.82, 2.24) is 15.0 Å². The highest BCUT2D eigenvalue weighted by atomic mass is 35.5. The van der Waals surface area contributed by atoms with Gasteiger partial charge in [-0.15, -0.1) is 0 Å². The lowest BCUT2D eigenvalue weighted by atomic mass is 9.85. The van der Waals surface area contributed by atoms with Crippen molar-refractivity contribution < 1.29 is 9.84 Å². The highest BCUT2D eigenvalue weighted by molar-refractivity contribution is 6.28. The number of halogens is 1. The van der Waals surface area contributed by atoms with Gasteiger partial charge in [0.2, 0.25) is 11.2 Å². The van der Waals surface area contributed by atoms with Gasteiger partial charge in [0.1, 0.15) is 0 Å². The van der Waals surface area contributed by atoms with E-state index in [0.717, 1.165) is 0 Å². The topological polar surface area (TPSA) is 80.2 Å². The van der Waals surface area contributed by atoms with E-state index < -0.39 is 0 Å². The molecular formula is C11H19ClN4O2. The van der Waals surface area contributed by atoms with Gasteiger partial charge in [-0.3, -0.25) is 0 Å². The zero-order chi connectivity index (χ0) is 13.8. The van der Waals surface area contributed by atoms with Gasteiger partial charge in [0.25, 0.3) is 0 Å². The molecule has 0 aromatic carbocycles. The summed E-state index contributed by atoms with van der Waals surface area (Å²) in [6.07, 6.45) is 0.592. The molecule has 0 amide bonds. The van der Waals surface area contributed by atoms with E-state index in [2.05, 4.69) is 41.0 Å². The Morgan fingerprint density at radius 1 is 1.33 bits per heavy atom. The molecule has 0 aliphatic carbocycles. The molecule has 0 bridgehead atoms. The van der Waals surface area contributed by atoms with Crippen LogP contribution in [0, 0.1) is 5.41 Å². The lowest BCUT2D eigenvalue weighted by molar-refractivity contribution is 0.234. The van der Waals surface area contributed by atoms with Crippen LogP contribution in [0.2, 0.25) is 5.28 Å². The average molecular weight is 275 g/mol. The van der Waals surface area contributed by atoms with Crippen LogP contribution in [-0.4, -0.2) is 39.8 Å². The van der Waals surface area contributed by atoms with E-state index in [-0.39, 0.29) is 29.4 Å². The summed E-state index contributed by atoms with van der Waals surface area (Å²) in [6.45, 7) is 6.30. The van der Waals surface area contributed by atoms with Crippen molar-refractivity contribution in [2.45, 2.75) is 33.2 Å². The van der Waals surface area contributed by atoms with Crippen molar-refractivity contribution in [2.75, 3.05) is 19.0 Å². The van der Waals surface area contributed by atoms with Crippen LogP contribution in [0.1, 0.15) is 27.2 Å². The summed E-state index contributed by atoms with van der Waals surface area (Å²) in [5.41, 5.74) is -0.0466. The maximum atomic E-state index is 9.09. The average Bonchev–Trinajstić information content (AvgIpc) is 2.26. The van der Waals surface area contributed by atoms with Gasteiger partial charge in [-0.2, -0.15) is 15.0 Å². The zero-order valence-electron chi connectivity index (χ0n) is 11.1. The van der Waals surface area contributed by atoms with Crippen LogP contribution in [0.25, 0.3) is 0 Å². The third-order valence-electron chi connectivity index (χ3n) is 2.54. The largest absolute Gasteiger partial charge is 0.467 e. The van der Waals surface area contributed by atoms with Crippen molar-refractivity contribution in [1.29, 1.82) is 0 Å². The van der Waals surface area contributed by atoms with Gasteiger partial charge in [-0.05, 0) is 23.4 Å². The Kier molecular flexibility index (Phi) is 5.10. The molecule has 1 heterocycles. The van der Waals surface area contributed by atoms with Crippen LogP contribution in [0.3, 0.4) is 0 Å². The van der Waals surface area contributed by atoms with Gasteiger partial charge in [-0.25, -0.2) is 0 Å². The third kappa shape index (κ3) is 4.27. The minimum absolute atomic E-state index is 0.0191. The number of methoxy groups -OCH3 is 1. The monoisotopic (exact) mass is 274 g/mol. The molecule has 0 radical (unpaired) electrons. The Labute approximate surface area is 112 Å². The molecule has 1 unspecified atom stereocenters. The Hall–Kier alpha value is -1.14. The molecule has 18 heavy (non-hydrogen) atoms.